The zero-order valence-corrected chi connectivity index (χ0v) is 13.3. The molecule has 0 aromatic heterocycles. The third-order valence-electron chi connectivity index (χ3n) is 4.07. The molecule has 0 radical (unpaired) electrons. The molecule has 1 atom stereocenters. The topological polar surface area (TPSA) is 9.23 Å². The molecule has 0 amide bonds. The molecule has 0 aliphatic heterocycles. The first-order valence-electron chi connectivity index (χ1n) is 7.21. The second kappa shape index (κ2) is 6.01. The van der Waals surface area contributed by atoms with Crippen molar-refractivity contribution in [1.29, 1.82) is 0 Å². The van der Waals surface area contributed by atoms with Crippen molar-refractivity contribution in [2.24, 2.45) is 0 Å². The van der Waals surface area contributed by atoms with Crippen LogP contribution >= 0.6 is 15.9 Å². The molecule has 2 aromatic rings. The predicted octanol–water partition coefficient (Wildman–Crippen LogP) is 5.26. The Morgan fingerprint density at radius 2 is 2.05 bits per heavy atom. The van der Waals surface area contributed by atoms with Crippen molar-refractivity contribution in [2.45, 2.75) is 32.1 Å². The van der Waals surface area contributed by atoms with Gasteiger partial charge in [-0.25, -0.2) is 0 Å². The Hall–Kier alpha value is -1.28. The van der Waals surface area contributed by atoms with Gasteiger partial charge in [-0.3, -0.25) is 0 Å². The highest BCUT2D eigenvalue weighted by Gasteiger charge is 2.20. The molecular weight excluding hydrogens is 312 g/mol. The van der Waals surface area contributed by atoms with E-state index < -0.39 is 0 Å². The smallest absolute Gasteiger partial charge is 0.119 e. The van der Waals surface area contributed by atoms with Gasteiger partial charge in [0.25, 0.3) is 0 Å². The lowest BCUT2D eigenvalue weighted by molar-refractivity contribution is 0.274. The van der Waals surface area contributed by atoms with Crippen molar-refractivity contribution in [3.63, 3.8) is 0 Å². The summed E-state index contributed by atoms with van der Waals surface area (Å²) in [7, 11) is 0. The maximum Gasteiger partial charge on any atom is 0.119 e. The van der Waals surface area contributed by atoms with Crippen LogP contribution in [-0.4, -0.2) is 6.61 Å². The lowest BCUT2D eigenvalue weighted by atomic mass is 9.83. The summed E-state index contributed by atoms with van der Waals surface area (Å²) in [5.74, 6) is 1.50. The van der Waals surface area contributed by atoms with Crippen LogP contribution in [0.25, 0.3) is 0 Å². The van der Waals surface area contributed by atoms with Gasteiger partial charge in [-0.15, -0.1) is 0 Å². The van der Waals surface area contributed by atoms with E-state index in [1.807, 2.05) is 6.07 Å². The monoisotopic (exact) mass is 330 g/mol. The van der Waals surface area contributed by atoms with Crippen LogP contribution in [0.2, 0.25) is 0 Å². The van der Waals surface area contributed by atoms with Crippen molar-refractivity contribution in [3.05, 3.63) is 63.6 Å². The molecule has 0 fully saturated rings. The van der Waals surface area contributed by atoms with Crippen LogP contribution < -0.4 is 4.74 Å². The standard InChI is InChI=1S/C18H19BrO/c1-13-11-16(9-10-18(13)19)20-12-15-7-4-6-14-5-2-3-8-17(14)15/h2-3,5,8-11,15H,4,6-7,12H2,1H3. The number of fused-ring (bicyclic) bond motifs is 1. The van der Waals surface area contributed by atoms with Crippen LogP contribution in [0.5, 0.6) is 5.75 Å². The average molecular weight is 331 g/mol. The number of benzene rings is 2. The molecule has 0 N–H and O–H groups in total. The third-order valence-corrected chi connectivity index (χ3v) is 4.96. The highest BCUT2D eigenvalue weighted by molar-refractivity contribution is 9.10. The van der Waals surface area contributed by atoms with Gasteiger partial charge in [-0.2, -0.15) is 0 Å². The van der Waals surface area contributed by atoms with Crippen molar-refractivity contribution < 1.29 is 4.74 Å². The molecule has 1 unspecified atom stereocenters. The fraction of sp³-hybridized carbons (Fsp3) is 0.333. The van der Waals surface area contributed by atoms with E-state index in [-0.39, 0.29) is 0 Å². The van der Waals surface area contributed by atoms with Gasteiger partial charge in [0, 0.05) is 10.4 Å². The predicted molar refractivity (Wildman–Crippen MR) is 86.5 cm³/mol. The molecule has 2 heteroatoms. The first-order chi connectivity index (χ1) is 9.74. The summed E-state index contributed by atoms with van der Waals surface area (Å²) in [6.07, 6.45) is 3.71. The molecule has 0 spiro atoms. The Labute approximate surface area is 129 Å². The number of hydrogen-bond acceptors (Lipinski definition) is 1. The number of halogens is 1. The molecule has 0 heterocycles. The molecule has 2 aromatic carbocycles. The second-order valence-corrected chi connectivity index (χ2v) is 6.36. The molecular formula is C18H19BrO. The SMILES string of the molecule is Cc1cc(OCC2CCCc3ccccc32)ccc1Br. The van der Waals surface area contributed by atoms with E-state index in [1.165, 1.54) is 36.0 Å². The van der Waals surface area contributed by atoms with Gasteiger partial charge in [0.2, 0.25) is 0 Å². The third kappa shape index (κ3) is 2.90. The van der Waals surface area contributed by atoms with Gasteiger partial charge in [-0.05, 0) is 61.1 Å². The molecule has 1 aliphatic carbocycles. The Morgan fingerprint density at radius 3 is 2.90 bits per heavy atom. The molecule has 0 bridgehead atoms. The normalized spacial score (nSPS) is 17.6. The maximum absolute atomic E-state index is 6.02. The summed E-state index contributed by atoms with van der Waals surface area (Å²) in [5, 5.41) is 0. The van der Waals surface area contributed by atoms with E-state index in [1.54, 1.807) is 0 Å². The van der Waals surface area contributed by atoms with Gasteiger partial charge in [0.1, 0.15) is 5.75 Å². The van der Waals surface area contributed by atoms with Crippen molar-refractivity contribution in [3.8, 4) is 5.75 Å². The summed E-state index contributed by atoms with van der Waals surface area (Å²) < 4.78 is 7.15. The number of rotatable bonds is 3. The van der Waals surface area contributed by atoms with Gasteiger partial charge in [0.15, 0.2) is 0 Å². The van der Waals surface area contributed by atoms with Crippen LogP contribution in [0.1, 0.15) is 35.4 Å². The number of hydrogen-bond donors (Lipinski definition) is 0. The quantitative estimate of drug-likeness (QED) is 0.746. The van der Waals surface area contributed by atoms with Gasteiger partial charge in [0.05, 0.1) is 6.61 Å². The number of aryl methyl sites for hydroxylation is 2. The summed E-state index contributed by atoms with van der Waals surface area (Å²) in [4.78, 5) is 0. The summed E-state index contributed by atoms with van der Waals surface area (Å²) in [5.41, 5.74) is 4.19. The molecule has 0 saturated heterocycles. The van der Waals surface area contributed by atoms with E-state index in [2.05, 4.69) is 59.3 Å². The van der Waals surface area contributed by atoms with Crippen LogP contribution in [0.3, 0.4) is 0 Å². The summed E-state index contributed by atoms with van der Waals surface area (Å²) in [6, 6.07) is 15.0. The van der Waals surface area contributed by atoms with Crippen LogP contribution in [0.4, 0.5) is 0 Å². The fourth-order valence-corrected chi connectivity index (χ4v) is 3.18. The highest BCUT2D eigenvalue weighted by Crippen LogP contribution is 2.32. The zero-order chi connectivity index (χ0) is 13.9. The first-order valence-corrected chi connectivity index (χ1v) is 8.00. The lowest BCUT2D eigenvalue weighted by Crippen LogP contribution is -2.16. The largest absolute Gasteiger partial charge is 0.493 e. The van der Waals surface area contributed by atoms with E-state index in [0.29, 0.717) is 5.92 Å². The molecule has 1 aliphatic rings. The lowest BCUT2D eigenvalue weighted by Gasteiger charge is -2.25. The molecule has 20 heavy (non-hydrogen) atoms. The minimum Gasteiger partial charge on any atom is -0.493 e. The highest BCUT2D eigenvalue weighted by atomic mass is 79.9. The minimum atomic E-state index is 0.531. The first kappa shape index (κ1) is 13.7. The molecule has 1 nitrogen and oxygen atoms in total. The van der Waals surface area contributed by atoms with Gasteiger partial charge < -0.3 is 4.74 Å². The molecule has 0 saturated carbocycles. The van der Waals surface area contributed by atoms with Crippen LogP contribution in [0.15, 0.2) is 46.9 Å². The Morgan fingerprint density at radius 1 is 1.20 bits per heavy atom. The summed E-state index contributed by atoms with van der Waals surface area (Å²) in [6.45, 7) is 2.87. The molecule has 104 valence electrons. The fourth-order valence-electron chi connectivity index (χ4n) is 2.93. The molecule has 3 rings (SSSR count). The van der Waals surface area contributed by atoms with Crippen molar-refractivity contribution >= 4 is 15.9 Å². The Kier molecular flexibility index (Phi) is 4.11. The van der Waals surface area contributed by atoms with Crippen molar-refractivity contribution in [1.82, 2.24) is 0 Å². The average Bonchev–Trinajstić information content (AvgIpc) is 2.48. The van der Waals surface area contributed by atoms with E-state index in [4.69, 9.17) is 4.74 Å². The Bertz CT molecular complexity index is 606. The van der Waals surface area contributed by atoms with Gasteiger partial charge >= 0.3 is 0 Å². The van der Waals surface area contributed by atoms with Crippen LogP contribution in [0, 0.1) is 6.92 Å². The second-order valence-electron chi connectivity index (χ2n) is 5.51. The van der Waals surface area contributed by atoms with E-state index in [0.717, 1.165) is 16.8 Å². The van der Waals surface area contributed by atoms with E-state index >= 15 is 0 Å². The number of ether oxygens (including phenoxy) is 1. The zero-order valence-electron chi connectivity index (χ0n) is 11.7. The summed E-state index contributed by atoms with van der Waals surface area (Å²) >= 11 is 3.52. The van der Waals surface area contributed by atoms with Gasteiger partial charge in [-0.1, -0.05) is 40.2 Å². The van der Waals surface area contributed by atoms with Crippen LogP contribution in [-0.2, 0) is 6.42 Å². The van der Waals surface area contributed by atoms with E-state index in [9.17, 15) is 0 Å². The minimum absolute atomic E-state index is 0.531. The Balaban J connectivity index is 1.71. The van der Waals surface area contributed by atoms with Crippen molar-refractivity contribution in [2.75, 3.05) is 6.61 Å². The maximum atomic E-state index is 6.02.